The van der Waals surface area contributed by atoms with Crippen LogP contribution in [0.4, 0.5) is 0 Å². The summed E-state index contributed by atoms with van der Waals surface area (Å²) in [6, 6.07) is 30.0. The van der Waals surface area contributed by atoms with Crippen molar-refractivity contribution in [2.75, 3.05) is 0 Å². The van der Waals surface area contributed by atoms with Crippen molar-refractivity contribution in [3.8, 4) is 11.4 Å². The maximum absolute atomic E-state index is 4.37. The predicted octanol–water partition coefficient (Wildman–Crippen LogP) is 6.67. The third-order valence-electron chi connectivity index (χ3n) is 6.29. The van der Waals surface area contributed by atoms with Crippen LogP contribution in [0.1, 0.15) is 0 Å². The first-order chi connectivity index (χ1) is 15.9. The number of aromatic nitrogens is 4. The lowest BCUT2D eigenvalue weighted by Crippen LogP contribution is -1.98. The summed E-state index contributed by atoms with van der Waals surface area (Å²) in [5.74, 6) is 0. The van der Waals surface area contributed by atoms with Gasteiger partial charge in [-0.3, -0.25) is 9.97 Å². The van der Waals surface area contributed by atoms with Gasteiger partial charge in [0.1, 0.15) is 0 Å². The largest absolute Gasteiger partial charge is 0.309 e. The van der Waals surface area contributed by atoms with E-state index in [1.807, 2.05) is 24.8 Å². The molecule has 32 heavy (non-hydrogen) atoms. The van der Waals surface area contributed by atoms with Crippen molar-refractivity contribution < 1.29 is 0 Å². The molecule has 0 unspecified atom stereocenters. The van der Waals surface area contributed by atoms with Crippen molar-refractivity contribution in [2.45, 2.75) is 0 Å². The van der Waals surface area contributed by atoms with Crippen LogP contribution in [0, 0.1) is 0 Å². The molecule has 7 rings (SSSR count). The molecule has 4 nitrogen and oxygen atoms in total. The minimum absolute atomic E-state index is 1.12. The number of hydrogen-bond acceptors (Lipinski definition) is 2. The van der Waals surface area contributed by atoms with Gasteiger partial charge in [0.25, 0.3) is 0 Å². The average Bonchev–Trinajstić information content (AvgIpc) is 3.37. The molecular formula is C28H18N4. The molecule has 0 radical (unpaired) electrons. The number of para-hydroxylation sites is 2. The normalized spacial score (nSPS) is 11.8. The first-order valence-electron chi connectivity index (χ1n) is 10.7. The van der Waals surface area contributed by atoms with Gasteiger partial charge in [-0.1, -0.05) is 42.5 Å². The molecule has 0 aliphatic heterocycles. The van der Waals surface area contributed by atoms with Crippen LogP contribution < -0.4 is 0 Å². The highest BCUT2D eigenvalue weighted by atomic mass is 15.0. The van der Waals surface area contributed by atoms with Gasteiger partial charge in [-0.25, -0.2) is 0 Å². The molecular weight excluding hydrogens is 392 g/mol. The van der Waals surface area contributed by atoms with Crippen molar-refractivity contribution in [2.24, 2.45) is 0 Å². The summed E-state index contributed by atoms with van der Waals surface area (Å²) in [7, 11) is 0. The maximum atomic E-state index is 4.37. The second kappa shape index (κ2) is 6.53. The Morgan fingerprint density at radius 2 is 0.906 bits per heavy atom. The van der Waals surface area contributed by atoms with Gasteiger partial charge >= 0.3 is 0 Å². The Bertz CT molecular complexity index is 1550. The van der Waals surface area contributed by atoms with E-state index in [4.69, 9.17) is 0 Å². The molecule has 0 fully saturated rings. The molecule has 0 amide bonds. The summed E-state index contributed by atoms with van der Waals surface area (Å²) in [4.78, 5) is 8.75. The van der Waals surface area contributed by atoms with Crippen LogP contribution in [0.3, 0.4) is 0 Å². The van der Waals surface area contributed by atoms with Gasteiger partial charge in [0, 0.05) is 57.7 Å². The van der Waals surface area contributed by atoms with Crippen molar-refractivity contribution in [3.05, 3.63) is 110 Å². The summed E-state index contributed by atoms with van der Waals surface area (Å²) in [5.41, 5.74) is 6.92. The van der Waals surface area contributed by atoms with Crippen molar-refractivity contribution in [3.63, 3.8) is 0 Å². The monoisotopic (exact) mass is 410 g/mol. The van der Waals surface area contributed by atoms with Crippen LogP contribution >= 0.6 is 0 Å². The zero-order chi connectivity index (χ0) is 21.1. The second-order valence-corrected chi connectivity index (χ2v) is 8.01. The molecule has 4 heteroatoms. The number of rotatable bonds is 2. The van der Waals surface area contributed by atoms with Gasteiger partial charge in [0.2, 0.25) is 0 Å². The van der Waals surface area contributed by atoms with Crippen LogP contribution in [0.15, 0.2) is 110 Å². The van der Waals surface area contributed by atoms with Gasteiger partial charge in [-0.2, -0.15) is 0 Å². The molecule has 0 aliphatic carbocycles. The quantitative estimate of drug-likeness (QED) is 0.319. The highest BCUT2D eigenvalue weighted by Crippen LogP contribution is 2.34. The van der Waals surface area contributed by atoms with E-state index in [9.17, 15) is 0 Å². The minimum Gasteiger partial charge on any atom is -0.309 e. The van der Waals surface area contributed by atoms with Crippen molar-refractivity contribution in [1.29, 1.82) is 0 Å². The lowest BCUT2D eigenvalue weighted by molar-refractivity contribution is 1.13. The third-order valence-corrected chi connectivity index (χ3v) is 6.29. The van der Waals surface area contributed by atoms with E-state index in [-0.39, 0.29) is 0 Å². The number of pyridine rings is 2. The Balaban J connectivity index is 1.55. The van der Waals surface area contributed by atoms with Gasteiger partial charge < -0.3 is 9.13 Å². The topological polar surface area (TPSA) is 35.6 Å². The Labute approximate surface area is 184 Å². The summed E-state index contributed by atoms with van der Waals surface area (Å²) in [6.07, 6.45) is 7.64. The Hall–Kier alpha value is -4.44. The number of nitrogens with zero attached hydrogens (tertiary/aromatic N) is 4. The standard InChI is InChI=1S/C28H18N4/c1-3-10-25-21(8-1)23-17-29-14-12-27(23)31(25)19-6-5-7-20(16-19)32-26-11-4-2-9-22(26)24-18-30-15-13-28(24)32/h1-18H. The van der Waals surface area contributed by atoms with Crippen LogP contribution in [-0.2, 0) is 0 Å². The molecule has 4 aromatic heterocycles. The summed E-state index contributed by atoms with van der Waals surface area (Å²) in [5, 5.41) is 4.75. The first kappa shape index (κ1) is 17.3. The van der Waals surface area contributed by atoms with E-state index in [1.165, 1.54) is 21.8 Å². The average molecular weight is 410 g/mol. The van der Waals surface area contributed by atoms with Gasteiger partial charge in [0.15, 0.2) is 0 Å². The third kappa shape index (κ3) is 2.32. The molecule has 0 atom stereocenters. The summed E-state index contributed by atoms with van der Waals surface area (Å²) in [6.45, 7) is 0. The van der Waals surface area contributed by atoms with Crippen LogP contribution in [0.2, 0.25) is 0 Å². The van der Waals surface area contributed by atoms with E-state index in [0.29, 0.717) is 0 Å². The smallest absolute Gasteiger partial charge is 0.0571 e. The highest BCUT2D eigenvalue weighted by Gasteiger charge is 2.15. The molecule has 150 valence electrons. The fourth-order valence-corrected chi connectivity index (χ4v) is 4.96. The van der Waals surface area contributed by atoms with Gasteiger partial charge in [-0.05, 0) is 42.5 Å². The number of benzene rings is 3. The molecule has 7 aromatic rings. The molecule has 0 aliphatic rings. The van der Waals surface area contributed by atoms with Gasteiger partial charge in [0.05, 0.1) is 22.1 Å². The van der Waals surface area contributed by atoms with Crippen molar-refractivity contribution in [1.82, 2.24) is 19.1 Å². The minimum atomic E-state index is 1.12. The zero-order valence-electron chi connectivity index (χ0n) is 17.2. The summed E-state index contributed by atoms with van der Waals surface area (Å²) < 4.78 is 4.65. The van der Waals surface area contributed by atoms with E-state index < -0.39 is 0 Å². The van der Waals surface area contributed by atoms with Crippen LogP contribution in [0.25, 0.3) is 55.0 Å². The highest BCUT2D eigenvalue weighted by molar-refractivity contribution is 6.10. The molecule has 0 bridgehead atoms. The Kier molecular flexibility index (Phi) is 3.52. The fourth-order valence-electron chi connectivity index (χ4n) is 4.96. The van der Waals surface area contributed by atoms with E-state index in [2.05, 4.69) is 104 Å². The van der Waals surface area contributed by atoms with E-state index >= 15 is 0 Å². The maximum Gasteiger partial charge on any atom is 0.0571 e. The van der Waals surface area contributed by atoms with Crippen LogP contribution in [0.5, 0.6) is 0 Å². The molecule has 0 N–H and O–H groups in total. The molecule has 0 spiro atoms. The molecule has 0 saturated carbocycles. The molecule has 0 saturated heterocycles. The predicted molar refractivity (Wildman–Crippen MR) is 131 cm³/mol. The number of fused-ring (bicyclic) bond motifs is 6. The fraction of sp³-hybridized carbons (Fsp3) is 0. The second-order valence-electron chi connectivity index (χ2n) is 8.01. The Morgan fingerprint density at radius 3 is 1.44 bits per heavy atom. The first-order valence-corrected chi connectivity index (χ1v) is 10.7. The zero-order valence-corrected chi connectivity index (χ0v) is 17.2. The molecule has 4 heterocycles. The van der Waals surface area contributed by atoms with Crippen molar-refractivity contribution >= 4 is 43.6 Å². The van der Waals surface area contributed by atoms with E-state index in [1.54, 1.807) is 0 Å². The summed E-state index contributed by atoms with van der Waals surface area (Å²) >= 11 is 0. The van der Waals surface area contributed by atoms with Crippen LogP contribution in [-0.4, -0.2) is 19.1 Å². The lowest BCUT2D eigenvalue weighted by atomic mass is 10.2. The SMILES string of the molecule is c1cc(-n2c3ccccc3c3cnccc32)cc(-n2c3ccccc3c3cnccc32)c1. The van der Waals surface area contributed by atoms with Gasteiger partial charge in [-0.15, -0.1) is 0 Å². The lowest BCUT2D eigenvalue weighted by Gasteiger charge is -2.12. The number of hydrogen-bond donors (Lipinski definition) is 0. The Morgan fingerprint density at radius 1 is 0.438 bits per heavy atom. The molecule has 3 aromatic carbocycles. The van der Waals surface area contributed by atoms with E-state index in [0.717, 1.165) is 33.2 Å².